The molecule has 2 rings (SSSR count). The number of hydrogen-bond donors (Lipinski definition) is 1. The molecule has 1 heterocycles. The normalized spacial score (nSPS) is 12.5. The fraction of sp³-hybridized carbons (Fsp3) is 0.308. The molecule has 0 radical (unpaired) electrons. The van der Waals surface area contributed by atoms with E-state index in [9.17, 15) is 0 Å². The Balaban J connectivity index is 2.18. The van der Waals surface area contributed by atoms with Crippen molar-refractivity contribution in [2.24, 2.45) is 7.05 Å². The lowest BCUT2D eigenvalue weighted by atomic mass is 10.1. The molecule has 0 fully saturated rings. The maximum absolute atomic E-state index is 4.37. The summed E-state index contributed by atoms with van der Waals surface area (Å²) in [5.74, 6) is 0. The van der Waals surface area contributed by atoms with E-state index in [1.165, 1.54) is 9.13 Å². The van der Waals surface area contributed by atoms with Gasteiger partial charge in [-0.05, 0) is 70.6 Å². The van der Waals surface area contributed by atoms with Crippen molar-refractivity contribution in [1.29, 1.82) is 0 Å². The van der Waals surface area contributed by atoms with Crippen molar-refractivity contribution in [3.05, 3.63) is 43.7 Å². The highest BCUT2D eigenvalue weighted by Crippen LogP contribution is 2.26. The second-order valence-electron chi connectivity index (χ2n) is 4.34. The first-order valence-corrected chi connectivity index (χ1v) is 7.56. The predicted molar refractivity (Wildman–Crippen MR) is 86.8 cm³/mol. The van der Waals surface area contributed by atoms with E-state index in [0.29, 0.717) is 0 Å². The third-order valence-electron chi connectivity index (χ3n) is 2.82. The fourth-order valence-electron chi connectivity index (χ4n) is 1.96. The van der Waals surface area contributed by atoms with Gasteiger partial charge >= 0.3 is 0 Å². The zero-order chi connectivity index (χ0) is 13.3. The monoisotopic (exact) mass is 419 g/mol. The fourth-order valence-corrected chi connectivity index (χ4v) is 2.72. The highest BCUT2D eigenvalue weighted by Gasteiger charge is 2.11. The van der Waals surface area contributed by atoms with Crippen LogP contribution in [-0.4, -0.2) is 9.78 Å². The Kier molecular flexibility index (Phi) is 4.32. The number of rotatable bonds is 3. The van der Waals surface area contributed by atoms with Gasteiger partial charge in [0.2, 0.25) is 0 Å². The Morgan fingerprint density at radius 3 is 2.72 bits per heavy atom. The van der Waals surface area contributed by atoms with Gasteiger partial charge in [0.15, 0.2) is 0 Å². The Hall–Kier alpha value is -0.560. The summed E-state index contributed by atoms with van der Waals surface area (Å²) in [6.07, 6.45) is 2.07. The summed E-state index contributed by atoms with van der Waals surface area (Å²) in [6.45, 7) is 4.19. The summed E-state index contributed by atoms with van der Waals surface area (Å²) in [7, 11) is 1.95. The summed E-state index contributed by atoms with van der Waals surface area (Å²) in [5, 5.41) is 7.87. The molecule has 2 aromatic rings. The number of aromatic nitrogens is 2. The standard InChI is InChI=1S/C13H15BrIN3/c1-8(11-7-18(3)17-9(11)2)16-10-4-5-12(14)13(15)6-10/h4-8,16H,1-3H3. The molecule has 18 heavy (non-hydrogen) atoms. The van der Waals surface area contributed by atoms with Gasteiger partial charge in [-0.1, -0.05) is 0 Å². The molecule has 1 atom stereocenters. The van der Waals surface area contributed by atoms with Crippen LogP contribution < -0.4 is 5.32 Å². The molecule has 1 N–H and O–H groups in total. The van der Waals surface area contributed by atoms with Crippen LogP contribution in [0.5, 0.6) is 0 Å². The van der Waals surface area contributed by atoms with Crippen molar-refractivity contribution in [3.8, 4) is 0 Å². The Labute approximate surface area is 129 Å². The summed E-state index contributed by atoms with van der Waals surface area (Å²) >= 11 is 5.83. The molecule has 0 aliphatic rings. The molecule has 1 aromatic heterocycles. The molecule has 1 unspecified atom stereocenters. The first kappa shape index (κ1) is 13.9. The number of halogens is 2. The average molecular weight is 420 g/mol. The van der Waals surface area contributed by atoms with Crippen molar-refractivity contribution in [2.75, 3.05) is 5.32 Å². The molecule has 0 bridgehead atoms. The van der Waals surface area contributed by atoms with Gasteiger partial charge in [-0.25, -0.2) is 0 Å². The van der Waals surface area contributed by atoms with Crippen LogP contribution in [0, 0.1) is 10.5 Å². The predicted octanol–water partition coefficient (Wildman–Crippen LogP) is 4.27. The lowest BCUT2D eigenvalue weighted by molar-refractivity contribution is 0.756. The number of benzene rings is 1. The van der Waals surface area contributed by atoms with Crippen molar-refractivity contribution < 1.29 is 0 Å². The zero-order valence-corrected chi connectivity index (χ0v) is 14.3. The number of nitrogens with zero attached hydrogens (tertiary/aromatic N) is 2. The molecule has 0 spiro atoms. The zero-order valence-electron chi connectivity index (χ0n) is 10.5. The molecule has 96 valence electrons. The minimum atomic E-state index is 0.246. The number of anilines is 1. The lowest BCUT2D eigenvalue weighted by Gasteiger charge is -2.15. The minimum Gasteiger partial charge on any atom is -0.378 e. The number of aryl methyl sites for hydroxylation is 2. The molecule has 5 heteroatoms. The van der Waals surface area contributed by atoms with E-state index in [0.717, 1.165) is 15.9 Å². The highest BCUT2D eigenvalue weighted by atomic mass is 127. The second-order valence-corrected chi connectivity index (χ2v) is 6.35. The van der Waals surface area contributed by atoms with Crippen LogP contribution in [-0.2, 0) is 7.05 Å². The maximum atomic E-state index is 4.37. The summed E-state index contributed by atoms with van der Waals surface area (Å²) in [5.41, 5.74) is 3.43. The summed E-state index contributed by atoms with van der Waals surface area (Å²) < 4.78 is 4.18. The molecule has 1 aromatic carbocycles. The van der Waals surface area contributed by atoms with Crippen LogP contribution in [0.1, 0.15) is 24.2 Å². The molecule has 3 nitrogen and oxygen atoms in total. The van der Waals surface area contributed by atoms with Crippen molar-refractivity contribution in [3.63, 3.8) is 0 Å². The van der Waals surface area contributed by atoms with E-state index < -0.39 is 0 Å². The third-order valence-corrected chi connectivity index (χ3v) is 5.15. The van der Waals surface area contributed by atoms with Crippen LogP contribution in [0.15, 0.2) is 28.9 Å². The molecular weight excluding hydrogens is 405 g/mol. The molecule has 0 aliphatic heterocycles. The van der Waals surface area contributed by atoms with Gasteiger partial charge in [-0.3, -0.25) is 4.68 Å². The highest BCUT2D eigenvalue weighted by molar-refractivity contribution is 14.1. The topological polar surface area (TPSA) is 29.9 Å². The van der Waals surface area contributed by atoms with Gasteiger partial charge in [-0.2, -0.15) is 5.10 Å². The van der Waals surface area contributed by atoms with E-state index in [4.69, 9.17) is 0 Å². The van der Waals surface area contributed by atoms with Crippen LogP contribution >= 0.6 is 38.5 Å². The van der Waals surface area contributed by atoms with E-state index >= 15 is 0 Å². The molecule has 0 aliphatic carbocycles. The van der Waals surface area contributed by atoms with Crippen molar-refractivity contribution >= 4 is 44.2 Å². The second kappa shape index (κ2) is 5.61. The largest absolute Gasteiger partial charge is 0.378 e. The first-order valence-electron chi connectivity index (χ1n) is 5.69. The SMILES string of the molecule is Cc1nn(C)cc1C(C)Nc1ccc(Br)c(I)c1. The number of hydrogen-bond acceptors (Lipinski definition) is 2. The van der Waals surface area contributed by atoms with Crippen LogP contribution in [0.25, 0.3) is 0 Å². The first-order chi connectivity index (χ1) is 8.47. The van der Waals surface area contributed by atoms with Gasteiger partial charge in [0.25, 0.3) is 0 Å². The van der Waals surface area contributed by atoms with Crippen LogP contribution in [0.3, 0.4) is 0 Å². The van der Waals surface area contributed by atoms with Gasteiger partial charge in [0.05, 0.1) is 11.7 Å². The number of nitrogens with one attached hydrogen (secondary N) is 1. The van der Waals surface area contributed by atoms with Crippen LogP contribution in [0.2, 0.25) is 0 Å². The van der Waals surface area contributed by atoms with Crippen molar-refractivity contribution in [2.45, 2.75) is 19.9 Å². The summed E-state index contributed by atoms with van der Waals surface area (Å²) in [6, 6.07) is 6.52. The Bertz CT molecular complexity index is 565. The van der Waals surface area contributed by atoms with E-state index in [1.54, 1.807) is 0 Å². The van der Waals surface area contributed by atoms with E-state index in [1.807, 2.05) is 18.7 Å². The van der Waals surface area contributed by atoms with E-state index in [-0.39, 0.29) is 6.04 Å². The molecule has 0 saturated carbocycles. The minimum absolute atomic E-state index is 0.246. The lowest BCUT2D eigenvalue weighted by Crippen LogP contribution is -2.07. The molecular formula is C13H15BrIN3. The molecule has 0 saturated heterocycles. The Morgan fingerprint density at radius 2 is 2.17 bits per heavy atom. The van der Waals surface area contributed by atoms with Crippen molar-refractivity contribution in [1.82, 2.24) is 9.78 Å². The molecule has 0 amide bonds. The van der Waals surface area contributed by atoms with Crippen LogP contribution in [0.4, 0.5) is 5.69 Å². The quantitative estimate of drug-likeness (QED) is 0.753. The van der Waals surface area contributed by atoms with Gasteiger partial charge in [0.1, 0.15) is 0 Å². The Morgan fingerprint density at radius 1 is 1.44 bits per heavy atom. The smallest absolute Gasteiger partial charge is 0.0646 e. The average Bonchev–Trinajstić information content (AvgIpc) is 2.63. The van der Waals surface area contributed by atoms with E-state index in [2.05, 4.69) is 80.3 Å². The third kappa shape index (κ3) is 3.06. The van der Waals surface area contributed by atoms with Gasteiger partial charge in [0, 0.05) is 32.5 Å². The van der Waals surface area contributed by atoms with Gasteiger partial charge in [-0.15, -0.1) is 0 Å². The van der Waals surface area contributed by atoms with Gasteiger partial charge < -0.3 is 5.32 Å². The summed E-state index contributed by atoms with van der Waals surface area (Å²) in [4.78, 5) is 0. The maximum Gasteiger partial charge on any atom is 0.0646 e.